The summed E-state index contributed by atoms with van der Waals surface area (Å²) in [4.78, 5) is 30.3. The maximum Gasteiger partial charge on any atom is 0.247 e. The number of fused-ring (bicyclic) bond motifs is 2. The Labute approximate surface area is 221 Å². The number of rotatable bonds is 9. The summed E-state index contributed by atoms with van der Waals surface area (Å²) in [6, 6.07) is 17.3. The molecule has 9 heteroatoms. The van der Waals surface area contributed by atoms with Crippen molar-refractivity contribution >= 4 is 28.5 Å². The molecule has 37 heavy (non-hydrogen) atoms. The zero-order valence-electron chi connectivity index (χ0n) is 21.4. The van der Waals surface area contributed by atoms with Crippen LogP contribution < -0.4 is 9.62 Å². The Hall–Kier alpha value is -2.75. The van der Waals surface area contributed by atoms with Gasteiger partial charge in [0.1, 0.15) is 17.0 Å². The van der Waals surface area contributed by atoms with Crippen molar-refractivity contribution in [3.63, 3.8) is 0 Å². The Kier molecular flexibility index (Phi) is 7.92. The molecule has 2 saturated heterocycles. The van der Waals surface area contributed by atoms with E-state index in [2.05, 4.69) is 16.3 Å². The smallest absolute Gasteiger partial charge is 0.247 e. The van der Waals surface area contributed by atoms with Crippen molar-refractivity contribution in [3.05, 3.63) is 65.7 Å². The van der Waals surface area contributed by atoms with E-state index in [0.717, 1.165) is 43.6 Å². The first-order chi connectivity index (χ1) is 17.9. The van der Waals surface area contributed by atoms with Crippen molar-refractivity contribution in [2.45, 2.75) is 37.3 Å². The van der Waals surface area contributed by atoms with Crippen LogP contribution in [-0.4, -0.2) is 84.0 Å². The molecule has 2 unspecified atom stereocenters. The third kappa shape index (κ3) is 5.73. The lowest BCUT2D eigenvalue weighted by Crippen LogP contribution is -2.56. The van der Waals surface area contributed by atoms with Crippen molar-refractivity contribution in [2.24, 2.45) is 0 Å². The number of nitrogens with zero attached hydrogens (tertiary/aromatic N) is 3. The van der Waals surface area contributed by atoms with E-state index < -0.39 is 17.0 Å². The Morgan fingerprint density at radius 3 is 2.41 bits per heavy atom. The molecular formula is C28H36N4O4S. The molecule has 3 aliphatic rings. The molecule has 8 nitrogen and oxygen atoms in total. The average Bonchev–Trinajstić information content (AvgIpc) is 3.21. The van der Waals surface area contributed by atoms with Crippen LogP contribution in [0, 0.1) is 0 Å². The quantitative estimate of drug-likeness (QED) is 0.543. The monoisotopic (exact) mass is 524 g/mol. The second-order valence-electron chi connectivity index (χ2n) is 10.3. The fraction of sp³-hybridized carbons (Fsp3) is 0.500. The fourth-order valence-electron chi connectivity index (χ4n) is 5.64. The minimum absolute atomic E-state index is 0.0953. The highest BCUT2D eigenvalue weighted by Crippen LogP contribution is 2.47. The van der Waals surface area contributed by atoms with Crippen LogP contribution in [-0.2, 0) is 37.3 Å². The fourth-order valence-corrected chi connectivity index (χ4v) is 6.51. The molecule has 198 valence electrons. The lowest BCUT2D eigenvalue weighted by atomic mass is 9.74. The summed E-state index contributed by atoms with van der Waals surface area (Å²) in [6.07, 6.45) is 4.42. The van der Waals surface area contributed by atoms with Gasteiger partial charge in [-0.15, -0.1) is 0 Å². The molecule has 2 fully saturated rings. The molecule has 2 aromatic rings. The minimum Gasteiger partial charge on any atom is -0.374 e. The lowest BCUT2D eigenvalue weighted by molar-refractivity contribution is -0.140. The zero-order valence-corrected chi connectivity index (χ0v) is 22.3. The Morgan fingerprint density at radius 2 is 1.73 bits per heavy atom. The highest BCUT2D eigenvalue weighted by molar-refractivity contribution is 7.85. The maximum absolute atomic E-state index is 13.6. The summed E-state index contributed by atoms with van der Waals surface area (Å²) in [5, 5.41) is 2.95. The largest absolute Gasteiger partial charge is 0.374 e. The van der Waals surface area contributed by atoms with Crippen molar-refractivity contribution in [3.8, 4) is 0 Å². The highest BCUT2D eigenvalue weighted by Gasteiger charge is 2.46. The first-order valence-electron chi connectivity index (χ1n) is 13.1. The van der Waals surface area contributed by atoms with Crippen molar-refractivity contribution in [1.29, 1.82) is 0 Å². The lowest BCUT2D eigenvalue weighted by Gasteiger charge is -2.41. The van der Waals surface area contributed by atoms with E-state index in [-0.39, 0.29) is 23.8 Å². The summed E-state index contributed by atoms with van der Waals surface area (Å²) in [7, 11) is -1.10. The van der Waals surface area contributed by atoms with E-state index in [9.17, 15) is 13.8 Å². The second-order valence-corrected chi connectivity index (χ2v) is 11.6. The van der Waals surface area contributed by atoms with Gasteiger partial charge in [0.25, 0.3) is 0 Å². The van der Waals surface area contributed by atoms with Crippen LogP contribution in [0.2, 0.25) is 0 Å². The minimum atomic E-state index is -1.10. The van der Waals surface area contributed by atoms with Crippen molar-refractivity contribution in [1.82, 2.24) is 15.1 Å². The number of carbonyl (C=O) groups is 2. The van der Waals surface area contributed by atoms with Gasteiger partial charge >= 0.3 is 0 Å². The molecule has 3 heterocycles. The standard InChI is InChI=1S/C28H36N4O4S/c1-37(35)32-21-28(23-10-5-6-11-25(23)32)12-16-31(17-13-28)27(34)24(29-26(33)18-30-14-7-15-30)20-36-19-22-8-3-2-4-9-22/h2-6,8-11,24H,7,12-21H2,1H3,(H,29,33). The molecule has 1 spiro atoms. The number of carbonyl (C=O) groups excluding carboxylic acids is 2. The van der Waals surface area contributed by atoms with Crippen LogP contribution in [0.25, 0.3) is 0 Å². The van der Waals surface area contributed by atoms with E-state index in [1.807, 2.05) is 57.7 Å². The summed E-state index contributed by atoms with van der Waals surface area (Å²) < 4.78 is 20.3. The zero-order chi connectivity index (χ0) is 25.8. The Bertz CT molecular complexity index is 1130. The van der Waals surface area contributed by atoms with Crippen molar-refractivity contribution < 1.29 is 18.5 Å². The van der Waals surface area contributed by atoms with Gasteiger partial charge < -0.3 is 15.0 Å². The number of hydrogen-bond donors (Lipinski definition) is 1. The number of benzene rings is 2. The van der Waals surface area contributed by atoms with Gasteiger partial charge in [0, 0.05) is 31.3 Å². The first-order valence-corrected chi connectivity index (χ1v) is 14.6. The molecule has 2 atom stereocenters. The summed E-state index contributed by atoms with van der Waals surface area (Å²) in [5.41, 5.74) is 3.17. The number of ether oxygens (including phenoxy) is 1. The van der Waals surface area contributed by atoms with Gasteiger partial charge in [-0.1, -0.05) is 48.5 Å². The third-order valence-corrected chi connectivity index (χ3v) is 8.82. The van der Waals surface area contributed by atoms with E-state index in [4.69, 9.17) is 4.74 Å². The van der Waals surface area contributed by atoms with E-state index >= 15 is 0 Å². The first kappa shape index (κ1) is 25.9. The van der Waals surface area contributed by atoms with E-state index in [1.54, 1.807) is 6.26 Å². The molecule has 0 bridgehead atoms. The topological polar surface area (TPSA) is 82.2 Å². The molecule has 2 aromatic carbocycles. The SMILES string of the molecule is CS(=O)N1CC2(CCN(C(=O)C(COCc3ccccc3)NC(=O)CN3CCC3)CC2)c2ccccc21. The summed E-state index contributed by atoms with van der Waals surface area (Å²) >= 11 is 0. The van der Waals surface area contributed by atoms with Crippen LogP contribution in [0.15, 0.2) is 54.6 Å². The molecule has 1 N–H and O–H groups in total. The van der Waals surface area contributed by atoms with Gasteiger partial charge in [0.2, 0.25) is 11.8 Å². The number of hydrogen-bond acceptors (Lipinski definition) is 5. The van der Waals surface area contributed by atoms with Gasteiger partial charge in [0.15, 0.2) is 0 Å². The predicted molar refractivity (Wildman–Crippen MR) is 144 cm³/mol. The van der Waals surface area contributed by atoms with Crippen LogP contribution >= 0.6 is 0 Å². The molecule has 0 saturated carbocycles. The maximum atomic E-state index is 13.6. The number of anilines is 1. The second kappa shape index (κ2) is 11.3. The van der Waals surface area contributed by atoms with Gasteiger partial charge in [-0.25, -0.2) is 4.21 Å². The van der Waals surface area contributed by atoms with Crippen LogP contribution in [0.1, 0.15) is 30.4 Å². The van der Waals surface area contributed by atoms with Crippen molar-refractivity contribution in [2.75, 3.05) is 56.4 Å². The third-order valence-electron chi connectivity index (χ3n) is 7.88. The number of piperidine rings is 1. The number of likely N-dealkylation sites (tertiary alicyclic amines) is 2. The molecule has 3 aliphatic heterocycles. The summed E-state index contributed by atoms with van der Waals surface area (Å²) in [6.45, 7) is 4.56. The average molecular weight is 525 g/mol. The van der Waals surface area contributed by atoms with Gasteiger partial charge in [-0.3, -0.25) is 18.8 Å². The van der Waals surface area contributed by atoms with Gasteiger partial charge in [-0.05, 0) is 49.5 Å². The molecular weight excluding hydrogens is 488 g/mol. The molecule has 5 rings (SSSR count). The van der Waals surface area contributed by atoms with Crippen LogP contribution in [0.3, 0.4) is 0 Å². The number of amides is 2. The molecule has 0 aliphatic carbocycles. The Morgan fingerprint density at radius 1 is 1.03 bits per heavy atom. The Balaban J connectivity index is 1.24. The highest BCUT2D eigenvalue weighted by atomic mass is 32.2. The van der Waals surface area contributed by atoms with E-state index in [0.29, 0.717) is 32.8 Å². The van der Waals surface area contributed by atoms with Crippen LogP contribution in [0.4, 0.5) is 5.69 Å². The van der Waals surface area contributed by atoms with Gasteiger partial charge in [-0.2, -0.15) is 0 Å². The van der Waals surface area contributed by atoms with E-state index in [1.165, 1.54) is 5.56 Å². The molecule has 0 aromatic heterocycles. The predicted octanol–water partition coefficient (Wildman–Crippen LogP) is 2.07. The normalized spacial score (nSPS) is 20.2. The summed E-state index contributed by atoms with van der Waals surface area (Å²) in [5.74, 6) is -0.234. The van der Waals surface area contributed by atoms with Crippen LogP contribution in [0.5, 0.6) is 0 Å². The number of para-hydroxylation sites is 1. The molecule has 0 radical (unpaired) electrons. The molecule has 2 amide bonds. The van der Waals surface area contributed by atoms with Gasteiger partial charge in [0.05, 0.1) is 25.4 Å². The number of nitrogens with one attached hydrogen (secondary N) is 1.